The molecule has 22 heavy (non-hydrogen) atoms. The van der Waals surface area contributed by atoms with Gasteiger partial charge in [0.2, 0.25) is 0 Å². The molecule has 0 aliphatic rings. The van der Waals surface area contributed by atoms with Crippen LogP contribution < -0.4 is 5.73 Å². The van der Waals surface area contributed by atoms with Crippen LogP contribution in [0.2, 0.25) is 0 Å². The molecule has 0 fully saturated rings. The van der Waals surface area contributed by atoms with Crippen molar-refractivity contribution in [2.75, 3.05) is 0 Å². The van der Waals surface area contributed by atoms with Gasteiger partial charge < -0.3 is 10.8 Å². The van der Waals surface area contributed by atoms with Crippen molar-refractivity contribution in [2.45, 2.75) is 24.8 Å². The number of carbonyl (C=O) groups excluding carboxylic acids is 1. The van der Waals surface area contributed by atoms with Gasteiger partial charge in [-0.3, -0.25) is 4.79 Å². The van der Waals surface area contributed by atoms with Crippen molar-refractivity contribution >= 4 is 11.8 Å². The van der Waals surface area contributed by atoms with E-state index in [0.717, 1.165) is 11.1 Å². The van der Waals surface area contributed by atoms with Crippen LogP contribution in [0.1, 0.15) is 30.4 Å². The summed E-state index contributed by atoms with van der Waals surface area (Å²) in [5, 5.41) is 9.40. The molecule has 0 heterocycles. The fourth-order valence-corrected chi connectivity index (χ4v) is 2.47. The average molecular weight is 297 g/mol. The van der Waals surface area contributed by atoms with Gasteiger partial charge in [-0.15, -0.1) is 0 Å². The molecule has 4 nitrogen and oxygen atoms in total. The van der Waals surface area contributed by atoms with Gasteiger partial charge in [0.15, 0.2) is 11.3 Å². The Hall–Kier alpha value is -2.46. The highest BCUT2D eigenvalue weighted by atomic mass is 16.4. The Balaban J connectivity index is 2.55. The summed E-state index contributed by atoms with van der Waals surface area (Å²) in [6.07, 6.45) is 0.0390. The summed E-state index contributed by atoms with van der Waals surface area (Å²) in [5.74, 6) is -2.49. The molecule has 0 saturated carbocycles. The topological polar surface area (TPSA) is 80.4 Å². The predicted octanol–water partition coefficient (Wildman–Crippen LogP) is 2.58. The van der Waals surface area contributed by atoms with Gasteiger partial charge in [0.1, 0.15) is 0 Å². The highest BCUT2D eigenvalue weighted by Crippen LogP contribution is 2.30. The number of benzene rings is 2. The third-order valence-electron chi connectivity index (χ3n) is 3.91. The van der Waals surface area contributed by atoms with E-state index in [-0.39, 0.29) is 6.42 Å². The van der Waals surface area contributed by atoms with Gasteiger partial charge in [-0.25, -0.2) is 4.79 Å². The summed E-state index contributed by atoms with van der Waals surface area (Å²) in [6, 6.07) is 18.2. The summed E-state index contributed by atoms with van der Waals surface area (Å²) in [6.45, 7) is 1.61. The zero-order chi connectivity index (χ0) is 16.2. The van der Waals surface area contributed by atoms with Crippen molar-refractivity contribution in [2.24, 2.45) is 5.73 Å². The number of hydrogen-bond donors (Lipinski definition) is 2. The van der Waals surface area contributed by atoms with E-state index in [4.69, 9.17) is 5.73 Å². The van der Waals surface area contributed by atoms with Crippen LogP contribution >= 0.6 is 0 Å². The first-order valence-corrected chi connectivity index (χ1v) is 7.17. The normalized spacial score (nSPS) is 13.6. The Morgan fingerprint density at radius 1 is 1.00 bits per heavy atom. The standard InChI is InChI=1S/C18H19NO3/c1-2-18(19,17(21)22)16(20)15(13-9-5-3-6-10-13)14-11-7-4-8-12-14/h3-12,15H,2,19H2,1H3,(H,21,22). The van der Waals surface area contributed by atoms with E-state index < -0.39 is 23.2 Å². The van der Waals surface area contributed by atoms with Crippen LogP contribution in [0.3, 0.4) is 0 Å². The molecule has 4 heteroatoms. The van der Waals surface area contributed by atoms with Gasteiger partial charge >= 0.3 is 5.97 Å². The lowest BCUT2D eigenvalue weighted by Gasteiger charge is -2.27. The van der Waals surface area contributed by atoms with E-state index in [1.807, 2.05) is 60.7 Å². The van der Waals surface area contributed by atoms with E-state index in [0.29, 0.717) is 0 Å². The number of carbonyl (C=O) groups is 2. The van der Waals surface area contributed by atoms with Crippen molar-refractivity contribution in [3.8, 4) is 0 Å². The van der Waals surface area contributed by atoms with Gasteiger partial charge in [0.25, 0.3) is 0 Å². The van der Waals surface area contributed by atoms with E-state index in [2.05, 4.69) is 0 Å². The first kappa shape index (κ1) is 15.9. The van der Waals surface area contributed by atoms with E-state index in [1.54, 1.807) is 6.92 Å². The smallest absolute Gasteiger partial charge is 0.331 e. The fraction of sp³-hybridized carbons (Fsp3) is 0.222. The van der Waals surface area contributed by atoms with Crippen molar-refractivity contribution in [1.82, 2.24) is 0 Å². The summed E-state index contributed by atoms with van der Waals surface area (Å²) in [5.41, 5.74) is 5.50. The van der Waals surface area contributed by atoms with E-state index in [1.165, 1.54) is 0 Å². The molecule has 1 atom stereocenters. The fourth-order valence-electron chi connectivity index (χ4n) is 2.47. The molecule has 0 spiro atoms. The number of ketones is 1. The molecule has 0 amide bonds. The highest BCUT2D eigenvalue weighted by Gasteiger charge is 2.44. The maximum atomic E-state index is 12.9. The molecule has 0 aliphatic carbocycles. The third kappa shape index (κ3) is 2.92. The second-order valence-electron chi connectivity index (χ2n) is 5.25. The molecule has 0 aromatic heterocycles. The monoisotopic (exact) mass is 297 g/mol. The molecule has 0 radical (unpaired) electrons. The van der Waals surface area contributed by atoms with Gasteiger partial charge in [0, 0.05) is 0 Å². The Morgan fingerprint density at radius 3 is 1.73 bits per heavy atom. The Labute approximate surface area is 129 Å². The summed E-state index contributed by atoms with van der Waals surface area (Å²) in [7, 11) is 0. The molecule has 2 aromatic rings. The molecule has 0 saturated heterocycles. The SMILES string of the molecule is CCC(N)(C(=O)O)C(=O)C(c1ccccc1)c1ccccc1. The minimum atomic E-state index is -1.89. The molecule has 3 N–H and O–H groups in total. The average Bonchev–Trinajstić information content (AvgIpc) is 2.56. The van der Waals surface area contributed by atoms with E-state index >= 15 is 0 Å². The third-order valence-corrected chi connectivity index (χ3v) is 3.91. The Bertz CT molecular complexity index is 615. The van der Waals surface area contributed by atoms with Crippen molar-refractivity contribution in [3.63, 3.8) is 0 Å². The number of rotatable bonds is 6. The zero-order valence-electron chi connectivity index (χ0n) is 12.4. The van der Waals surface area contributed by atoms with Crippen LogP contribution in [0.15, 0.2) is 60.7 Å². The number of carboxylic acids is 1. The predicted molar refractivity (Wildman–Crippen MR) is 84.6 cm³/mol. The van der Waals surface area contributed by atoms with Gasteiger partial charge in [0.05, 0.1) is 5.92 Å². The van der Waals surface area contributed by atoms with Crippen LogP contribution in [-0.2, 0) is 9.59 Å². The minimum Gasteiger partial charge on any atom is -0.480 e. The lowest BCUT2D eigenvalue weighted by molar-refractivity contribution is -0.148. The summed E-state index contributed by atoms with van der Waals surface area (Å²) >= 11 is 0. The van der Waals surface area contributed by atoms with Crippen LogP contribution in [0.4, 0.5) is 0 Å². The number of hydrogen-bond acceptors (Lipinski definition) is 3. The van der Waals surface area contributed by atoms with Crippen LogP contribution in [0.25, 0.3) is 0 Å². The van der Waals surface area contributed by atoms with Crippen molar-refractivity contribution < 1.29 is 14.7 Å². The molecule has 114 valence electrons. The van der Waals surface area contributed by atoms with E-state index in [9.17, 15) is 14.7 Å². The number of Topliss-reactive ketones (excluding diaryl/α,β-unsaturated/α-hetero) is 1. The molecule has 0 bridgehead atoms. The lowest BCUT2D eigenvalue weighted by Crippen LogP contribution is -2.56. The molecule has 0 aliphatic heterocycles. The second-order valence-corrected chi connectivity index (χ2v) is 5.25. The Kier molecular flexibility index (Phi) is 4.73. The zero-order valence-corrected chi connectivity index (χ0v) is 12.4. The first-order chi connectivity index (χ1) is 10.5. The second kappa shape index (κ2) is 6.54. The summed E-state index contributed by atoms with van der Waals surface area (Å²) in [4.78, 5) is 24.4. The van der Waals surface area contributed by atoms with Gasteiger partial charge in [-0.05, 0) is 17.5 Å². The van der Waals surface area contributed by atoms with Crippen LogP contribution in [0, 0.1) is 0 Å². The lowest BCUT2D eigenvalue weighted by atomic mass is 9.77. The van der Waals surface area contributed by atoms with Gasteiger partial charge in [-0.2, -0.15) is 0 Å². The molecule has 1 unspecified atom stereocenters. The molecule has 2 aromatic carbocycles. The van der Waals surface area contributed by atoms with Crippen molar-refractivity contribution in [1.29, 1.82) is 0 Å². The molecule has 2 rings (SSSR count). The van der Waals surface area contributed by atoms with Gasteiger partial charge in [-0.1, -0.05) is 67.6 Å². The number of carboxylic acid groups (broad SMARTS) is 1. The highest BCUT2D eigenvalue weighted by molar-refractivity contribution is 6.11. The minimum absolute atomic E-state index is 0.0390. The van der Waals surface area contributed by atoms with Crippen LogP contribution in [0.5, 0.6) is 0 Å². The quantitative estimate of drug-likeness (QED) is 0.803. The molecular formula is C18H19NO3. The number of aliphatic carboxylic acids is 1. The summed E-state index contributed by atoms with van der Waals surface area (Å²) < 4.78 is 0. The first-order valence-electron chi connectivity index (χ1n) is 7.17. The molecular weight excluding hydrogens is 278 g/mol. The number of nitrogens with two attached hydrogens (primary N) is 1. The largest absolute Gasteiger partial charge is 0.480 e. The maximum Gasteiger partial charge on any atom is 0.331 e. The van der Waals surface area contributed by atoms with Crippen molar-refractivity contribution in [3.05, 3.63) is 71.8 Å². The Morgan fingerprint density at radius 2 is 1.41 bits per heavy atom. The van der Waals surface area contributed by atoms with Crippen LogP contribution in [-0.4, -0.2) is 22.4 Å². The maximum absolute atomic E-state index is 12.9.